The molecule has 0 amide bonds. The molecule has 2 aromatic heterocycles. The normalized spacial score (nSPS) is 14.2. The van der Waals surface area contributed by atoms with Gasteiger partial charge >= 0.3 is 5.69 Å². The topological polar surface area (TPSA) is 70.2 Å². The number of aromatic nitrogens is 3. The van der Waals surface area contributed by atoms with Crippen molar-refractivity contribution >= 4 is 16.6 Å². The number of fused-ring (bicyclic) bond motifs is 5. The molecule has 0 fully saturated rings. The van der Waals surface area contributed by atoms with Crippen LogP contribution >= 0.6 is 0 Å². The van der Waals surface area contributed by atoms with E-state index in [0.717, 1.165) is 45.2 Å². The van der Waals surface area contributed by atoms with E-state index >= 15 is 0 Å². The van der Waals surface area contributed by atoms with E-state index in [1.807, 2.05) is 86.6 Å². The van der Waals surface area contributed by atoms with Gasteiger partial charge in [0, 0.05) is 14.1 Å². The molecule has 7 nitrogen and oxygen atoms in total. The van der Waals surface area contributed by atoms with Crippen LogP contribution in [-0.2, 0) is 14.1 Å². The third-order valence-corrected chi connectivity index (χ3v) is 7.18. The lowest BCUT2D eigenvalue weighted by atomic mass is 9.99. The summed E-state index contributed by atoms with van der Waals surface area (Å²) in [5.74, 6) is 0.796. The van der Waals surface area contributed by atoms with E-state index in [2.05, 4.69) is 9.88 Å². The molecule has 1 atom stereocenters. The molecule has 3 aromatic carbocycles. The highest BCUT2D eigenvalue weighted by Crippen LogP contribution is 2.45. The molecule has 0 unspecified atom stereocenters. The van der Waals surface area contributed by atoms with Gasteiger partial charge in [-0.05, 0) is 49.2 Å². The predicted molar refractivity (Wildman–Crippen MR) is 147 cm³/mol. The average molecular weight is 493 g/mol. The number of para-hydroxylation sites is 2. The Balaban J connectivity index is 1.78. The van der Waals surface area contributed by atoms with Crippen molar-refractivity contribution in [1.82, 2.24) is 13.7 Å². The third kappa shape index (κ3) is 3.42. The Labute approximate surface area is 214 Å². The van der Waals surface area contributed by atoms with Crippen LogP contribution in [0.3, 0.4) is 0 Å². The zero-order valence-corrected chi connectivity index (χ0v) is 21.3. The molecule has 5 aromatic rings. The predicted octanol–water partition coefficient (Wildman–Crippen LogP) is 4.92. The summed E-state index contributed by atoms with van der Waals surface area (Å²) in [6.07, 6.45) is 0. The highest BCUT2D eigenvalue weighted by atomic mass is 16.5. The van der Waals surface area contributed by atoms with Gasteiger partial charge in [0.25, 0.3) is 5.56 Å². The number of nitrogens with zero attached hydrogens (tertiary/aromatic N) is 3. The Morgan fingerprint density at radius 1 is 0.892 bits per heavy atom. The molecule has 0 saturated heterocycles. The number of benzene rings is 3. The van der Waals surface area contributed by atoms with Gasteiger partial charge in [-0.15, -0.1) is 0 Å². The van der Waals surface area contributed by atoms with Crippen LogP contribution in [0.15, 0.2) is 82.4 Å². The van der Waals surface area contributed by atoms with Crippen molar-refractivity contribution in [2.45, 2.75) is 19.9 Å². The first kappa shape index (κ1) is 22.9. The fraction of sp³-hybridized carbons (Fsp3) is 0.200. The Morgan fingerprint density at radius 2 is 1.59 bits per heavy atom. The molecule has 0 saturated carbocycles. The van der Waals surface area contributed by atoms with Crippen LogP contribution in [0.2, 0.25) is 0 Å². The van der Waals surface area contributed by atoms with Gasteiger partial charge in [-0.3, -0.25) is 13.9 Å². The van der Waals surface area contributed by atoms with Crippen LogP contribution in [-0.4, -0.2) is 20.3 Å². The third-order valence-electron chi connectivity index (χ3n) is 7.18. The number of rotatable bonds is 4. The van der Waals surface area contributed by atoms with Crippen LogP contribution in [0.1, 0.15) is 29.8 Å². The van der Waals surface area contributed by atoms with Gasteiger partial charge in [-0.2, -0.15) is 0 Å². The SMILES string of the molecule is CCOc1ccc([C@H]2Nc3ccccc3-n3c(-c4ccc(C)cc4)c4c(=O)n(C)c(=O)n(C)c4c32)cc1. The number of hydrogen-bond acceptors (Lipinski definition) is 4. The summed E-state index contributed by atoms with van der Waals surface area (Å²) in [5.41, 5.74) is 6.53. The lowest BCUT2D eigenvalue weighted by Gasteiger charge is -2.31. The second kappa shape index (κ2) is 8.55. The summed E-state index contributed by atoms with van der Waals surface area (Å²) in [5, 5.41) is 4.21. The Kier molecular flexibility index (Phi) is 5.30. The lowest BCUT2D eigenvalue weighted by Crippen LogP contribution is -2.37. The highest BCUT2D eigenvalue weighted by molar-refractivity contribution is 5.99. The lowest BCUT2D eigenvalue weighted by molar-refractivity contribution is 0.340. The van der Waals surface area contributed by atoms with Gasteiger partial charge < -0.3 is 14.6 Å². The van der Waals surface area contributed by atoms with E-state index < -0.39 is 0 Å². The molecule has 1 aliphatic rings. The van der Waals surface area contributed by atoms with Crippen LogP contribution in [0.4, 0.5) is 5.69 Å². The summed E-state index contributed by atoms with van der Waals surface area (Å²) in [6, 6.07) is 23.9. The smallest absolute Gasteiger partial charge is 0.331 e. The van der Waals surface area contributed by atoms with Crippen molar-refractivity contribution in [1.29, 1.82) is 0 Å². The molecule has 1 N–H and O–H groups in total. The molecule has 0 aliphatic carbocycles. The molecule has 6 rings (SSSR count). The van der Waals surface area contributed by atoms with Crippen molar-refractivity contribution < 1.29 is 4.74 Å². The standard InChI is InChI=1S/C30H28N4O3/c1-5-37-21-16-14-19(15-17-21)25-28-27-24(29(35)33(4)30(36)32(27)3)26(20-12-10-18(2)11-13-20)34(28)23-9-7-6-8-22(23)31-25/h6-17,25,31H,5H2,1-4H3/t25-/m1/s1. The summed E-state index contributed by atoms with van der Waals surface area (Å²) in [6.45, 7) is 4.59. The fourth-order valence-electron chi connectivity index (χ4n) is 5.38. The molecule has 3 heterocycles. The van der Waals surface area contributed by atoms with Crippen LogP contribution < -0.4 is 21.3 Å². The largest absolute Gasteiger partial charge is 0.494 e. The van der Waals surface area contributed by atoms with Gasteiger partial charge in [-0.1, -0.05) is 54.1 Å². The first-order valence-corrected chi connectivity index (χ1v) is 12.4. The number of ether oxygens (including phenoxy) is 1. The zero-order chi connectivity index (χ0) is 25.8. The van der Waals surface area contributed by atoms with Crippen molar-refractivity contribution in [3.8, 4) is 22.7 Å². The zero-order valence-electron chi connectivity index (χ0n) is 21.3. The van der Waals surface area contributed by atoms with Gasteiger partial charge in [-0.25, -0.2) is 4.79 Å². The molecule has 1 aliphatic heterocycles. The van der Waals surface area contributed by atoms with Crippen molar-refractivity contribution in [2.24, 2.45) is 14.1 Å². The molecule has 0 spiro atoms. The molecular weight excluding hydrogens is 464 g/mol. The Morgan fingerprint density at radius 3 is 2.30 bits per heavy atom. The van der Waals surface area contributed by atoms with E-state index in [0.29, 0.717) is 17.5 Å². The van der Waals surface area contributed by atoms with E-state index in [-0.39, 0.29) is 17.3 Å². The monoisotopic (exact) mass is 492 g/mol. The molecule has 0 radical (unpaired) electrons. The van der Waals surface area contributed by atoms with Gasteiger partial charge in [0.05, 0.1) is 46.3 Å². The summed E-state index contributed by atoms with van der Waals surface area (Å²) in [4.78, 5) is 26.9. The van der Waals surface area contributed by atoms with Crippen molar-refractivity contribution in [3.63, 3.8) is 0 Å². The summed E-state index contributed by atoms with van der Waals surface area (Å²) in [7, 11) is 3.27. The van der Waals surface area contributed by atoms with Crippen LogP contribution in [0.25, 0.3) is 27.8 Å². The number of nitrogens with one attached hydrogen (secondary N) is 1. The molecule has 37 heavy (non-hydrogen) atoms. The van der Waals surface area contributed by atoms with E-state index in [1.165, 1.54) is 11.6 Å². The van der Waals surface area contributed by atoms with Crippen molar-refractivity contribution in [2.75, 3.05) is 11.9 Å². The maximum atomic E-state index is 13.8. The van der Waals surface area contributed by atoms with Crippen LogP contribution in [0.5, 0.6) is 5.75 Å². The van der Waals surface area contributed by atoms with Gasteiger partial charge in [0.1, 0.15) is 5.75 Å². The van der Waals surface area contributed by atoms with Crippen molar-refractivity contribution in [3.05, 3.63) is 110 Å². The van der Waals surface area contributed by atoms with E-state index in [1.54, 1.807) is 11.6 Å². The highest BCUT2D eigenvalue weighted by Gasteiger charge is 2.34. The fourth-order valence-corrected chi connectivity index (χ4v) is 5.38. The maximum absolute atomic E-state index is 13.8. The number of anilines is 1. The quantitative estimate of drug-likeness (QED) is 0.387. The first-order valence-electron chi connectivity index (χ1n) is 12.4. The molecule has 0 bridgehead atoms. The second-order valence-electron chi connectivity index (χ2n) is 9.46. The van der Waals surface area contributed by atoms with E-state index in [4.69, 9.17) is 4.74 Å². The molecule has 186 valence electrons. The van der Waals surface area contributed by atoms with E-state index in [9.17, 15) is 9.59 Å². The minimum atomic E-state index is -0.356. The molecule has 7 heteroatoms. The summed E-state index contributed by atoms with van der Waals surface area (Å²) >= 11 is 0. The Bertz CT molecular complexity index is 1770. The molecular formula is C30H28N4O3. The Hall–Kier alpha value is -4.52. The minimum Gasteiger partial charge on any atom is -0.494 e. The number of hydrogen-bond donors (Lipinski definition) is 1. The van der Waals surface area contributed by atoms with Gasteiger partial charge in [0.2, 0.25) is 0 Å². The first-order chi connectivity index (χ1) is 17.9. The number of aryl methyl sites for hydroxylation is 2. The van der Waals surface area contributed by atoms with Gasteiger partial charge in [0.15, 0.2) is 0 Å². The second-order valence-corrected chi connectivity index (χ2v) is 9.46. The average Bonchev–Trinajstić information content (AvgIpc) is 3.28. The van der Waals surface area contributed by atoms with Crippen LogP contribution in [0, 0.1) is 6.92 Å². The maximum Gasteiger partial charge on any atom is 0.331 e. The minimum absolute atomic E-state index is 0.301. The summed E-state index contributed by atoms with van der Waals surface area (Å²) < 4.78 is 10.6.